The van der Waals surface area contributed by atoms with Crippen LogP contribution in [0.1, 0.15) is 10.6 Å². The average molecular weight is 351 g/mol. The number of likely N-dealkylation sites (tertiary alicyclic amines) is 1. The lowest BCUT2D eigenvalue weighted by molar-refractivity contribution is -0.402. The maximum Gasteiger partial charge on any atom is 0.433 e. The van der Waals surface area contributed by atoms with Gasteiger partial charge in [-0.25, -0.2) is 8.78 Å². The third kappa shape index (κ3) is 3.32. The van der Waals surface area contributed by atoms with Crippen molar-refractivity contribution in [1.29, 1.82) is 0 Å². The number of nitrogens with zero attached hydrogens (tertiary/aromatic N) is 2. The Morgan fingerprint density at radius 1 is 1.20 bits per heavy atom. The van der Waals surface area contributed by atoms with Crippen molar-refractivity contribution >= 4 is 23.4 Å². The Labute approximate surface area is 139 Å². The van der Waals surface area contributed by atoms with E-state index in [4.69, 9.17) is 4.42 Å². The third-order valence-electron chi connectivity index (χ3n) is 3.71. The molecule has 1 aliphatic heterocycles. The molecule has 8 nitrogen and oxygen atoms in total. The topological polar surface area (TPSA) is 106 Å². The fourth-order valence-corrected chi connectivity index (χ4v) is 2.33. The molecule has 0 saturated carbocycles. The molecule has 1 saturated heterocycles. The second-order valence-electron chi connectivity index (χ2n) is 5.42. The van der Waals surface area contributed by atoms with Crippen molar-refractivity contribution < 1.29 is 27.7 Å². The van der Waals surface area contributed by atoms with E-state index in [0.29, 0.717) is 0 Å². The van der Waals surface area contributed by atoms with E-state index in [0.717, 1.165) is 18.2 Å². The van der Waals surface area contributed by atoms with Gasteiger partial charge in [-0.3, -0.25) is 19.7 Å². The summed E-state index contributed by atoms with van der Waals surface area (Å²) in [6.45, 7) is 0.172. The minimum atomic E-state index is -1.08. The van der Waals surface area contributed by atoms with Crippen molar-refractivity contribution in [3.63, 3.8) is 0 Å². The van der Waals surface area contributed by atoms with E-state index in [1.807, 2.05) is 0 Å². The van der Waals surface area contributed by atoms with Crippen LogP contribution in [-0.4, -0.2) is 34.7 Å². The van der Waals surface area contributed by atoms with Gasteiger partial charge in [0, 0.05) is 24.8 Å². The molecule has 1 N–H and O–H groups in total. The molecule has 0 spiro atoms. The lowest BCUT2D eigenvalue weighted by atomic mass is 9.98. The molecule has 2 amide bonds. The predicted octanol–water partition coefficient (Wildman–Crippen LogP) is 2.18. The highest BCUT2D eigenvalue weighted by atomic mass is 19.2. The minimum Gasteiger partial charge on any atom is -0.395 e. The Hall–Kier alpha value is -3.30. The zero-order chi connectivity index (χ0) is 18.1. The van der Waals surface area contributed by atoms with Gasteiger partial charge in [-0.05, 0) is 18.2 Å². The molecule has 0 aliphatic carbocycles. The third-order valence-corrected chi connectivity index (χ3v) is 3.71. The number of halogens is 2. The van der Waals surface area contributed by atoms with Crippen molar-refractivity contribution in [1.82, 2.24) is 4.90 Å². The van der Waals surface area contributed by atoms with E-state index >= 15 is 0 Å². The van der Waals surface area contributed by atoms with Crippen LogP contribution in [0.3, 0.4) is 0 Å². The Morgan fingerprint density at radius 2 is 1.92 bits per heavy atom. The van der Waals surface area contributed by atoms with E-state index in [1.54, 1.807) is 0 Å². The maximum absolute atomic E-state index is 13.1. The van der Waals surface area contributed by atoms with Gasteiger partial charge in [0.1, 0.15) is 4.92 Å². The molecule has 3 rings (SSSR count). The maximum atomic E-state index is 13.1. The molecule has 2 aromatic rings. The number of nitro groups is 1. The number of hydrogen-bond donors (Lipinski definition) is 1. The second-order valence-corrected chi connectivity index (χ2v) is 5.42. The van der Waals surface area contributed by atoms with Gasteiger partial charge in [0.05, 0.1) is 12.0 Å². The second kappa shape index (κ2) is 6.30. The van der Waals surface area contributed by atoms with Crippen LogP contribution in [0.5, 0.6) is 0 Å². The summed E-state index contributed by atoms with van der Waals surface area (Å²) in [6, 6.07) is 5.23. The lowest BCUT2D eigenvalue weighted by Crippen LogP contribution is -2.54. The Kier molecular flexibility index (Phi) is 4.17. The molecule has 0 radical (unpaired) electrons. The van der Waals surface area contributed by atoms with Gasteiger partial charge < -0.3 is 14.6 Å². The van der Waals surface area contributed by atoms with Crippen LogP contribution in [0.4, 0.5) is 20.4 Å². The fraction of sp³-hybridized carbons (Fsp3) is 0.200. The lowest BCUT2D eigenvalue weighted by Gasteiger charge is -2.37. The number of hydrogen-bond acceptors (Lipinski definition) is 5. The zero-order valence-corrected chi connectivity index (χ0v) is 12.6. The summed E-state index contributed by atoms with van der Waals surface area (Å²) in [7, 11) is 0. The van der Waals surface area contributed by atoms with Gasteiger partial charge in [0.15, 0.2) is 17.4 Å². The molecule has 1 aromatic carbocycles. The van der Waals surface area contributed by atoms with Crippen molar-refractivity contribution in [2.24, 2.45) is 5.92 Å². The molecule has 0 atom stereocenters. The molecule has 1 aliphatic rings. The summed E-state index contributed by atoms with van der Waals surface area (Å²) in [5, 5.41) is 13.0. The quantitative estimate of drug-likeness (QED) is 0.671. The van der Waals surface area contributed by atoms with Crippen LogP contribution in [-0.2, 0) is 4.79 Å². The van der Waals surface area contributed by atoms with Crippen LogP contribution in [0.15, 0.2) is 34.7 Å². The van der Waals surface area contributed by atoms with E-state index in [-0.39, 0.29) is 24.5 Å². The molecule has 2 heterocycles. The number of nitrogens with one attached hydrogen (secondary N) is 1. The Morgan fingerprint density at radius 3 is 2.52 bits per heavy atom. The summed E-state index contributed by atoms with van der Waals surface area (Å²) >= 11 is 0. The molecule has 25 heavy (non-hydrogen) atoms. The Balaban J connectivity index is 1.55. The minimum absolute atomic E-state index is 0.0862. The van der Waals surface area contributed by atoms with Crippen molar-refractivity contribution in [3.05, 3.63) is 57.8 Å². The molecule has 1 fully saturated rings. The largest absolute Gasteiger partial charge is 0.433 e. The summed E-state index contributed by atoms with van der Waals surface area (Å²) in [4.78, 5) is 35.1. The molecular weight excluding hydrogens is 340 g/mol. The molecule has 0 bridgehead atoms. The van der Waals surface area contributed by atoms with Crippen LogP contribution >= 0.6 is 0 Å². The normalized spacial score (nSPS) is 14.1. The average Bonchev–Trinajstić information content (AvgIpc) is 2.99. The first-order chi connectivity index (χ1) is 11.8. The highest BCUT2D eigenvalue weighted by Crippen LogP contribution is 2.23. The number of carbonyl (C=O) groups is 2. The highest BCUT2D eigenvalue weighted by Gasteiger charge is 2.37. The molecule has 10 heteroatoms. The smallest absolute Gasteiger partial charge is 0.395 e. The van der Waals surface area contributed by atoms with Crippen molar-refractivity contribution in [3.8, 4) is 0 Å². The number of anilines is 1. The van der Waals surface area contributed by atoms with Gasteiger partial charge in [0.25, 0.3) is 5.91 Å². The summed E-state index contributed by atoms with van der Waals surface area (Å²) in [5.74, 6) is -4.37. The fourth-order valence-electron chi connectivity index (χ4n) is 2.33. The zero-order valence-electron chi connectivity index (χ0n) is 12.6. The van der Waals surface area contributed by atoms with Crippen LogP contribution in [0.2, 0.25) is 0 Å². The summed E-state index contributed by atoms with van der Waals surface area (Å²) in [5.41, 5.74) is 0.107. The number of benzene rings is 1. The van der Waals surface area contributed by atoms with Crippen molar-refractivity contribution in [2.75, 3.05) is 18.4 Å². The Bertz CT molecular complexity index is 861. The van der Waals surface area contributed by atoms with Crippen LogP contribution in [0, 0.1) is 27.7 Å². The van der Waals surface area contributed by atoms with E-state index < -0.39 is 40.2 Å². The predicted molar refractivity (Wildman–Crippen MR) is 79.7 cm³/mol. The molecule has 130 valence electrons. The molecular formula is C15H11F2N3O5. The first kappa shape index (κ1) is 16.6. The first-order valence-corrected chi connectivity index (χ1v) is 7.14. The SMILES string of the molecule is O=C(Nc1ccc(F)c(F)c1)C1CN(C(=O)c2ccc([N+](=O)[O-])o2)C1. The number of furan rings is 1. The standard InChI is InChI=1S/C15H11F2N3O5/c16-10-2-1-9(5-11(10)17)18-14(21)8-6-19(7-8)15(22)12-3-4-13(25-12)20(23)24/h1-5,8H,6-7H2,(H,18,21). The summed E-state index contributed by atoms with van der Waals surface area (Å²) in [6.07, 6.45) is 0. The van der Waals surface area contributed by atoms with Crippen LogP contribution < -0.4 is 5.32 Å². The van der Waals surface area contributed by atoms with Gasteiger partial charge >= 0.3 is 5.88 Å². The van der Waals surface area contributed by atoms with Crippen LogP contribution in [0.25, 0.3) is 0 Å². The molecule has 1 aromatic heterocycles. The number of carbonyl (C=O) groups excluding carboxylic acids is 2. The number of rotatable bonds is 4. The van der Waals surface area contributed by atoms with Gasteiger partial charge in [-0.1, -0.05) is 0 Å². The number of amides is 2. The van der Waals surface area contributed by atoms with Gasteiger partial charge in [-0.2, -0.15) is 0 Å². The first-order valence-electron chi connectivity index (χ1n) is 7.14. The van der Waals surface area contributed by atoms with E-state index in [2.05, 4.69) is 5.32 Å². The van der Waals surface area contributed by atoms with E-state index in [1.165, 1.54) is 17.0 Å². The van der Waals surface area contributed by atoms with E-state index in [9.17, 15) is 28.5 Å². The monoisotopic (exact) mass is 351 g/mol. The highest BCUT2D eigenvalue weighted by molar-refractivity contribution is 5.97. The van der Waals surface area contributed by atoms with Gasteiger partial charge in [0.2, 0.25) is 5.91 Å². The molecule has 0 unspecified atom stereocenters. The van der Waals surface area contributed by atoms with Gasteiger partial charge in [-0.15, -0.1) is 0 Å². The summed E-state index contributed by atoms with van der Waals surface area (Å²) < 4.78 is 30.8. The van der Waals surface area contributed by atoms with Crippen molar-refractivity contribution in [2.45, 2.75) is 0 Å².